The van der Waals surface area contributed by atoms with Gasteiger partial charge in [0.15, 0.2) is 18.9 Å². The van der Waals surface area contributed by atoms with Crippen molar-refractivity contribution in [1.29, 1.82) is 0 Å². The van der Waals surface area contributed by atoms with Gasteiger partial charge in [0.1, 0.15) is 42.7 Å². The van der Waals surface area contributed by atoms with E-state index in [2.05, 4.69) is 6.92 Å². The van der Waals surface area contributed by atoms with Crippen LogP contribution in [0.15, 0.2) is 42.5 Å². The fourth-order valence-corrected chi connectivity index (χ4v) is 13.7. The molecule has 4 aliphatic carbocycles. The Balaban J connectivity index is 0.929. The number of methoxy groups -OCH3 is 3. The molecule has 7 aliphatic rings. The minimum absolute atomic E-state index is 0.258. The average molecular weight is 961 g/mol. The number of hydrogen-bond acceptors (Lipinski definition) is 17. The van der Waals surface area contributed by atoms with Crippen LogP contribution in [0.5, 0.6) is 0 Å². The van der Waals surface area contributed by atoms with Crippen molar-refractivity contribution in [3.63, 3.8) is 0 Å². The van der Waals surface area contributed by atoms with Crippen molar-refractivity contribution in [3.8, 4) is 0 Å². The van der Waals surface area contributed by atoms with Crippen LogP contribution in [-0.4, -0.2) is 163 Å². The maximum absolute atomic E-state index is 13.8. The third-order valence-corrected chi connectivity index (χ3v) is 17.6. The summed E-state index contributed by atoms with van der Waals surface area (Å²) in [5.74, 6) is -1.79. The Morgan fingerprint density at radius 1 is 0.765 bits per heavy atom. The van der Waals surface area contributed by atoms with E-state index in [1.807, 2.05) is 45.9 Å². The van der Waals surface area contributed by atoms with Gasteiger partial charge in [-0.3, -0.25) is 4.79 Å². The molecule has 3 saturated heterocycles. The first-order chi connectivity index (χ1) is 32.2. The Kier molecular flexibility index (Phi) is 15.3. The Bertz CT molecular complexity index is 1940. The average Bonchev–Trinajstić information content (AvgIpc) is 3.59. The van der Waals surface area contributed by atoms with Crippen LogP contribution < -0.4 is 0 Å². The van der Waals surface area contributed by atoms with Crippen molar-refractivity contribution in [2.45, 2.75) is 209 Å². The van der Waals surface area contributed by atoms with Crippen LogP contribution in [0.25, 0.3) is 0 Å². The van der Waals surface area contributed by atoms with Crippen molar-refractivity contribution in [2.75, 3.05) is 21.3 Å². The number of fused-ring (bicyclic) bond motifs is 5. The standard InChI is InChI=1S/C51H76O17/c1-26(61-30(5)52)33-18-21-51(57)34-17-20-50(56)25-32(16-19-48(50,6)35(34)22-38(49(33,51)7)66-46(55)31-14-12-11-13-15-31)65-39-23-36(58-8)43(28(3)62-39)67-40-24-37(59-9)44(29(4)63-40)68-47-42(54)45(60-10)41(53)27(2)64-47/h11-15,17,20,26-29,32-45,47,53-54,56-57H,16,18-19,21-25H2,1-10H3/t26-,27+,28+,29+,32-,33+,34+,35-,36-,37-,38+,39-,40-,41+,42+,43+,44+,45+,47-,48+,49-,50+,51-/m0/s1. The molecule has 0 radical (unpaired) electrons. The van der Waals surface area contributed by atoms with E-state index in [0.29, 0.717) is 50.5 Å². The molecule has 68 heavy (non-hydrogen) atoms. The van der Waals surface area contributed by atoms with Gasteiger partial charge in [-0.15, -0.1) is 0 Å². The second kappa shape index (κ2) is 20.1. The lowest BCUT2D eigenvalue weighted by atomic mass is 9.43. The van der Waals surface area contributed by atoms with Crippen LogP contribution in [0.1, 0.15) is 110 Å². The largest absolute Gasteiger partial charge is 0.463 e. The molecule has 0 unspecified atom stereocenters. The molecular weight excluding hydrogens is 885 g/mol. The predicted molar refractivity (Wildman–Crippen MR) is 242 cm³/mol. The second-order valence-corrected chi connectivity index (χ2v) is 21.2. The van der Waals surface area contributed by atoms with Crippen molar-refractivity contribution in [1.82, 2.24) is 0 Å². The van der Waals surface area contributed by atoms with Gasteiger partial charge < -0.3 is 72.5 Å². The van der Waals surface area contributed by atoms with Gasteiger partial charge in [0, 0.05) is 70.2 Å². The molecule has 0 aromatic heterocycles. The van der Waals surface area contributed by atoms with Gasteiger partial charge in [0.2, 0.25) is 0 Å². The Morgan fingerprint density at radius 3 is 2.01 bits per heavy atom. The van der Waals surface area contributed by atoms with E-state index in [1.54, 1.807) is 45.4 Å². The lowest BCUT2D eigenvalue weighted by Crippen LogP contribution is -2.70. The highest BCUT2D eigenvalue weighted by Gasteiger charge is 2.73. The van der Waals surface area contributed by atoms with Crippen LogP contribution in [0, 0.1) is 28.6 Å². The van der Waals surface area contributed by atoms with Crippen molar-refractivity contribution in [3.05, 3.63) is 48.0 Å². The van der Waals surface area contributed by atoms with Crippen molar-refractivity contribution < 1.29 is 82.1 Å². The molecule has 17 nitrogen and oxygen atoms in total. The van der Waals surface area contributed by atoms with Crippen LogP contribution in [0.2, 0.25) is 0 Å². The molecule has 17 heteroatoms. The first-order valence-corrected chi connectivity index (χ1v) is 24.7. The number of ether oxygens (including phenoxy) is 11. The number of hydrogen-bond donors (Lipinski definition) is 4. The zero-order valence-electron chi connectivity index (χ0n) is 41.3. The second-order valence-electron chi connectivity index (χ2n) is 21.2. The molecule has 4 N–H and O–H groups in total. The van der Waals surface area contributed by atoms with E-state index < -0.39 is 126 Å². The summed E-state index contributed by atoms with van der Waals surface area (Å²) >= 11 is 0. The van der Waals surface area contributed by atoms with E-state index in [0.717, 1.165) is 0 Å². The zero-order chi connectivity index (χ0) is 49.1. The molecule has 1 aromatic carbocycles. The molecule has 382 valence electrons. The number of rotatable bonds is 13. The summed E-state index contributed by atoms with van der Waals surface area (Å²) in [4.78, 5) is 26.0. The first-order valence-electron chi connectivity index (χ1n) is 24.7. The minimum Gasteiger partial charge on any atom is -0.463 e. The van der Waals surface area contributed by atoms with E-state index in [1.165, 1.54) is 14.0 Å². The molecule has 1 aromatic rings. The van der Waals surface area contributed by atoms with Crippen LogP contribution >= 0.6 is 0 Å². The van der Waals surface area contributed by atoms with Crippen LogP contribution in [0.3, 0.4) is 0 Å². The zero-order valence-corrected chi connectivity index (χ0v) is 41.3. The van der Waals surface area contributed by atoms with Gasteiger partial charge in [-0.2, -0.15) is 0 Å². The summed E-state index contributed by atoms with van der Waals surface area (Å²) < 4.78 is 67.7. The summed E-state index contributed by atoms with van der Waals surface area (Å²) in [7, 11) is 4.61. The summed E-state index contributed by atoms with van der Waals surface area (Å²) in [6, 6.07) is 8.82. The van der Waals surface area contributed by atoms with E-state index in [-0.39, 0.29) is 30.3 Å². The van der Waals surface area contributed by atoms with Crippen molar-refractivity contribution in [2.24, 2.45) is 28.6 Å². The Labute approximate surface area is 400 Å². The monoisotopic (exact) mass is 961 g/mol. The lowest BCUT2D eigenvalue weighted by Gasteiger charge is -2.65. The number of esters is 2. The van der Waals surface area contributed by atoms with E-state index in [9.17, 15) is 30.0 Å². The minimum atomic E-state index is -1.32. The van der Waals surface area contributed by atoms with Crippen molar-refractivity contribution >= 4 is 11.9 Å². The Hall–Kier alpha value is -2.62. The summed E-state index contributed by atoms with van der Waals surface area (Å²) in [6.07, 6.45) is -3.60. The summed E-state index contributed by atoms with van der Waals surface area (Å²) in [6.45, 7) is 12.7. The fourth-order valence-electron chi connectivity index (χ4n) is 13.7. The maximum atomic E-state index is 13.8. The van der Waals surface area contributed by atoms with Crippen LogP contribution in [0.4, 0.5) is 0 Å². The number of aliphatic hydroxyl groups excluding tert-OH is 2. The maximum Gasteiger partial charge on any atom is 0.338 e. The van der Waals surface area contributed by atoms with Gasteiger partial charge in [0.25, 0.3) is 0 Å². The number of carbonyl (C=O) groups excluding carboxylic acids is 2. The third kappa shape index (κ3) is 9.13. The van der Waals surface area contributed by atoms with Gasteiger partial charge in [-0.1, -0.05) is 44.2 Å². The predicted octanol–water partition coefficient (Wildman–Crippen LogP) is 4.38. The SMILES string of the molecule is CO[C@H]1[C@@H](O)[C@H](O[C@H]2[C@@H](OC)C[C@H](O[C@H]3[C@@H](OC)C[C@H](O[C@H]4CC[C@]5(C)[C@H]6C[C@@H](OC(=O)c7ccccc7)[C@]7(C)[C@@H]([C@H](C)OC(C)=O)CC[C@]7(O)[C@@H]6C=C[C@@]5(O)C4)O[C@@H]3C)O[C@@H]2C)O[C@H](C)[C@H]1O. The lowest BCUT2D eigenvalue weighted by molar-refractivity contribution is -0.352. The highest BCUT2D eigenvalue weighted by Crippen LogP contribution is 2.69. The number of carbonyl (C=O) groups is 2. The molecular formula is C51H76O17. The van der Waals surface area contributed by atoms with Gasteiger partial charge in [-0.25, -0.2) is 4.79 Å². The molecule has 6 fully saturated rings. The molecule has 0 amide bonds. The topological polar surface area (TPSA) is 217 Å². The number of benzene rings is 1. The molecule has 3 aliphatic heterocycles. The van der Waals surface area contributed by atoms with E-state index in [4.69, 9.17) is 52.1 Å². The highest BCUT2D eigenvalue weighted by molar-refractivity contribution is 5.89. The van der Waals surface area contributed by atoms with Gasteiger partial charge in [0.05, 0.1) is 53.4 Å². The fraction of sp³-hybridized carbons (Fsp3) is 0.804. The normalized spacial score (nSPS) is 48.4. The third-order valence-electron chi connectivity index (χ3n) is 17.6. The van der Waals surface area contributed by atoms with Gasteiger partial charge in [-0.05, 0) is 77.8 Å². The summed E-state index contributed by atoms with van der Waals surface area (Å²) in [5.41, 5.74) is -3.91. The van der Waals surface area contributed by atoms with Crippen LogP contribution in [-0.2, 0) is 56.9 Å². The molecule has 3 heterocycles. The highest BCUT2D eigenvalue weighted by atomic mass is 16.8. The molecule has 0 bridgehead atoms. The Morgan fingerprint density at radius 2 is 1.40 bits per heavy atom. The van der Waals surface area contributed by atoms with Gasteiger partial charge >= 0.3 is 11.9 Å². The quantitative estimate of drug-likeness (QED) is 0.159. The molecule has 23 atom stereocenters. The molecule has 8 rings (SSSR count). The first kappa shape index (κ1) is 51.7. The number of aliphatic hydroxyl groups is 4. The van der Waals surface area contributed by atoms with E-state index >= 15 is 0 Å². The smallest absolute Gasteiger partial charge is 0.338 e. The molecule has 3 saturated carbocycles. The molecule has 0 spiro atoms. The summed E-state index contributed by atoms with van der Waals surface area (Å²) in [5, 5.41) is 47.3.